The van der Waals surface area contributed by atoms with E-state index in [9.17, 15) is 18.0 Å². The van der Waals surface area contributed by atoms with Crippen molar-refractivity contribution in [3.05, 3.63) is 95.1 Å². The van der Waals surface area contributed by atoms with Gasteiger partial charge in [-0.15, -0.1) is 0 Å². The molecule has 1 atom stereocenters. The quantitative estimate of drug-likeness (QED) is 0.245. The summed E-state index contributed by atoms with van der Waals surface area (Å²) >= 11 is 0. The number of anilines is 2. The average Bonchev–Trinajstić information content (AvgIpc) is 3.01. The van der Waals surface area contributed by atoms with E-state index in [0.717, 1.165) is 22.3 Å². The number of aromatic nitrogens is 2. The molecule has 0 unspecified atom stereocenters. The summed E-state index contributed by atoms with van der Waals surface area (Å²) in [5, 5.41) is 2.66. The van der Waals surface area contributed by atoms with Crippen molar-refractivity contribution in [3.63, 3.8) is 0 Å². The van der Waals surface area contributed by atoms with E-state index < -0.39 is 22.2 Å². The second kappa shape index (κ2) is 13.4. The summed E-state index contributed by atoms with van der Waals surface area (Å²) in [5.74, 6) is -0.355. The van der Waals surface area contributed by atoms with Crippen LogP contribution in [-0.2, 0) is 21.3 Å². The third kappa shape index (κ3) is 8.07. The number of rotatable bonds is 5. The maximum atomic E-state index is 14.4. The summed E-state index contributed by atoms with van der Waals surface area (Å²) in [6.07, 6.45) is -0.0627. The highest BCUT2D eigenvalue weighted by Gasteiger charge is 2.31. The summed E-state index contributed by atoms with van der Waals surface area (Å²) in [4.78, 5) is 36.9. The van der Waals surface area contributed by atoms with Gasteiger partial charge in [-0.05, 0) is 72.7 Å². The first-order valence-electron chi connectivity index (χ1n) is 15.2. The lowest BCUT2D eigenvalue weighted by Crippen LogP contribution is -2.45. The van der Waals surface area contributed by atoms with Gasteiger partial charge in [0.25, 0.3) is 15.9 Å². The average molecular weight is 658 g/mol. The predicted molar refractivity (Wildman–Crippen MR) is 180 cm³/mol. The first-order chi connectivity index (χ1) is 22.2. The molecule has 2 amide bonds. The fraction of sp³-hybridized carbons (Fsp3) is 0.314. The van der Waals surface area contributed by atoms with Crippen LogP contribution >= 0.6 is 0 Å². The Hall–Kier alpha value is -4.97. The predicted octanol–water partition coefficient (Wildman–Crippen LogP) is 6.58. The number of carbonyl (C=O) groups excluding carboxylic acids is 2. The molecular formula is C35H39N5O6S. The number of carbonyl (C=O) groups is 2. The van der Waals surface area contributed by atoms with Crippen molar-refractivity contribution < 1.29 is 27.5 Å². The standard InChI is InChI=1S/C35H39N5O6S/c1-22-10-7-11-23(2)31(22)29-18-30-38-33(37-29)39-47(43,44)28-15-9-13-25(17-28)32(41)40(27(21-46-30)19-35(3,4)5)20-24-12-8-14-26(16-24)36-34(42)45-6/h7-18,27H,19-21H2,1-6H3,(H,36,42)(H,37,38,39)/t27-/m1/s1. The Kier molecular flexibility index (Phi) is 9.53. The number of ether oxygens (including phenoxy) is 2. The molecule has 0 saturated heterocycles. The second-order valence-electron chi connectivity index (χ2n) is 12.8. The van der Waals surface area contributed by atoms with Gasteiger partial charge in [-0.1, -0.05) is 57.2 Å². The first-order valence-corrected chi connectivity index (χ1v) is 16.7. The number of benzene rings is 3. The van der Waals surface area contributed by atoms with Crippen molar-refractivity contribution in [2.24, 2.45) is 5.41 Å². The van der Waals surface area contributed by atoms with Gasteiger partial charge in [-0.3, -0.25) is 10.1 Å². The van der Waals surface area contributed by atoms with Gasteiger partial charge in [0.05, 0.1) is 23.7 Å². The number of sulfonamides is 1. The molecule has 12 heteroatoms. The molecule has 0 radical (unpaired) electrons. The molecular weight excluding hydrogens is 618 g/mol. The van der Waals surface area contributed by atoms with E-state index in [-0.39, 0.29) is 46.8 Å². The van der Waals surface area contributed by atoms with E-state index in [0.29, 0.717) is 17.8 Å². The minimum Gasteiger partial charge on any atom is -0.475 e. The lowest BCUT2D eigenvalue weighted by atomic mass is 9.87. The largest absolute Gasteiger partial charge is 0.475 e. The van der Waals surface area contributed by atoms with Gasteiger partial charge < -0.3 is 14.4 Å². The van der Waals surface area contributed by atoms with Gasteiger partial charge in [0.2, 0.25) is 11.8 Å². The maximum Gasteiger partial charge on any atom is 0.411 e. The zero-order valence-electron chi connectivity index (χ0n) is 27.3. The Bertz CT molecular complexity index is 1900. The van der Waals surface area contributed by atoms with Crippen molar-refractivity contribution >= 4 is 33.7 Å². The zero-order chi connectivity index (χ0) is 33.9. The Morgan fingerprint density at radius 3 is 2.43 bits per heavy atom. The number of methoxy groups -OCH3 is 1. The second-order valence-corrected chi connectivity index (χ2v) is 14.5. The molecule has 0 saturated carbocycles. The Balaban J connectivity index is 1.65. The first kappa shape index (κ1) is 33.4. The minimum absolute atomic E-state index is 0.0677. The SMILES string of the molecule is COC(=O)Nc1cccc(CN2C(=O)c3cccc(c3)S(=O)(=O)Nc3nc(cc(-c4c(C)cccc4C)n3)OC[C@H]2CC(C)(C)C)c1. The Morgan fingerprint density at radius 2 is 1.72 bits per heavy atom. The number of hydrogen-bond acceptors (Lipinski definition) is 8. The molecule has 0 fully saturated rings. The summed E-state index contributed by atoms with van der Waals surface area (Å²) in [6.45, 7) is 10.4. The van der Waals surface area contributed by atoms with Crippen LogP contribution in [0.5, 0.6) is 5.88 Å². The number of hydrogen-bond donors (Lipinski definition) is 2. The molecule has 2 N–H and O–H groups in total. The van der Waals surface area contributed by atoms with E-state index in [2.05, 4.69) is 40.8 Å². The number of nitrogens with zero attached hydrogens (tertiary/aromatic N) is 3. The van der Waals surface area contributed by atoms with Crippen LogP contribution in [0.3, 0.4) is 0 Å². The van der Waals surface area contributed by atoms with E-state index >= 15 is 0 Å². The van der Waals surface area contributed by atoms with E-state index in [4.69, 9.17) is 9.47 Å². The van der Waals surface area contributed by atoms with Crippen LogP contribution in [0.2, 0.25) is 0 Å². The summed E-state index contributed by atoms with van der Waals surface area (Å²) < 4.78 is 40.8. The summed E-state index contributed by atoms with van der Waals surface area (Å²) in [7, 11) is -2.91. The molecule has 0 spiro atoms. The monoisotopic (exact) mass is 657 g/mol. The molecule has 246 valence electrons. The van der Waals surface area contributed by atoms with Crippen LogP contribution in [0, 0.1) is 19.3 Å². The van der Waals surface area contributed by atoms with Crippen molar-refractivity contribution in [2.45, 2.75) is 58.5 Å². The molecule has 47 heavy (non-hydrogen) atoms. The van der Waals surface area contributed by atoms with Crippen LogP contribution in [0.4, 0.5) is 16.4 Å². The summed E-state index contributed by atoms with van der Waals surface area (Å²) in [5.41, 5.74) is 4.48. The van der Waals surface area contributed by atoms with Gasteiger partial charge >= 0.3 is 6.09 Å². The lowest BCUT2D eigenvalue weighted by molar-refractivity contribution is 0.0513. The fourth-order valence-electron chi connectivity index (χ4n) is 5.66. The smallest absolute Gasteiger partial charge is 0.411 e. The highest BCUT2D eigenvalue weighted by Crippen LogP contribution is 2.32. The van der Waals surface area contributed by atoms with Crippen LogP contribution in [0.25, 0.3) is 11.3 Å². The number of fused-ring (bicyclic) bond motifs is 4. The highest BCUT2D eigenvalue weighted by molar-refractivity contribution is 7.92. The molecule has 5 rings (SSSR count). The molecule has 1 aromatic heterocycles. The van der Waals surface area contributed by atoms with Gasteiger partial charge in [0.15, 0.2) is 0 Å². The highest BCUT2D eigenvalue weighted by atomic mass is 32.2. The Labute approximate surface area is 275 Å². The molecule has 0 aliphatic carbocycles. The number of nitrogens with one attached hydrogen (secondary N) is 2. The van der Waals surface area contributed by atoms with E-state index in [1.807, 2.05) is 38.1 Å². The van der Waals surface area contributed by atoms with Crippen molar-refractivity contribution in [1.82, 2.24) is 14.9 Å². The van der Waals surface area contributed by atoms with Crippen LogP contribution < -0.4 is 14.8 Å². The van der Waals surface area contributed by atoms with Crippen molar-refractivity contribution in [3.8, 4) is 17.1 Å². The molecule has 1 aliphatic rings. The van der Waals surface area contributed by atoms with Crippen LogP contribution in [0.1, 0.15) is 54.2 Å². The third-order valence-electron chi connectivity index (χ3n) is 7.74. The lowest BCUT2D eigenvalue weighted by Gasteiger charge is -2.36. The molecule has 4 aromatic rings. The van der Waals surface area contributed by atoms with Crippen LogP contribution in [-0.4, -0.2) is 55.0 Å². The third-order valence-corrected chi connectivity index (χ3v) is 9.07. The molecule has 4 bridgehead atoms. The van der Waals surface area contributed by atoms with Gasteiger partial charge in [0, 0.05) is 29.4 Å². The minimum atomic E-state index is -4.19. The van der Waals surface area contributed by atoms with Gasteiger partial charge in [-0.25, -0.2) is 22.9 Å². The van der Waals surface area contributed by atoms with Crippen molar-refractivity contribution in [2.75, 3.05) is 23.8 Å². The van der Waals surface area contributed by atoms with E-state index in [1.165, 1.54) is 25.3 Å². The topological polar surface area (TPSA) is 140 Å². The van der Waals surface area contributed by atoms with Gasteiger partial charge in [-0.2, -0.15) is 4.98 Å². The van der Waals surface area contributed by atoms with Gasteiger partial charge in [0.1, 0.15) is 6.61 Å². The van der Waals surface area contributed by atoms with Crippen LogP contribution in [0.15, 0.2) is 77.7 Å². The summed E-state index contributed by atoms with van der Waals surface area (Å²) in [6, 6.07) is 20.1. The zero-order valence-corrected chi connectivity index (χ0v) is 28.1. The van der Waals surface area contributed by atoms with Crippen molar-refractivity contribution in [1.29, 1.82) is 0 Å². The normalized spacial score (nSPS) is 16.1. The van der Waals surface area contributed by atoms with E-state index in [1.54, 1.807) is 35.2 Å². The number of aryl methyl sites for hydroxylation is 2. The maximum absolute atomic E-state index is 14.4. The number of amides is 2. The molecule has 3 aromatic carbocycles. The molecule has 1 aliphatic heterocycles. The molecule has 2 heterocycles. The Morgan fingerprint density at radius 1 is 1.02 bits per heavy atom. The molecule has 11 nitrogen and oxygen atoms in total. The fourth-order valence-corrected chi connectivity index (χ4v) is 6.65.